The van der Waals surface area contributed by atoms with Crippen molar-refractivity contribution < 1.29 is 16.8 Å². The fourth-order valence-electron chi connectivity index (χ4n) is 3.92. The fraction of sp³-hybridized carbons (Fsp3) is 0.333. The molecule has 2 aromatic carbocycles. The summed E-state index contributed by atoms with van der Waals surface area (Å²) >= 11 is 0. The topological polar surface area (TPSA) is 97.3 Å². The van der Waals surface area contributed by atoms with Gasteiger partial charge in [0.05, 0.1) is 10.4 Å². The quantitative estimate of drug-likeness (QED) is 0.605. The van der Waals surface area contributed by atoms with Crippen LogP contribution in [0.15, 0.2) is 64.5 Å². The molecule has 9 heteroatoms. The third-order valence-corrected chi connectivity index (χ3v) is 8.70. The summed E-state index contributed by atoms with van der Waals surface area (Å²) in [6, 6.07) is 13.1. The van der Waals surface area contributed by atoms with Gasteiger partial charge in [-0.3, -0.25) is 0 Å². The first-order chi connectivity index (χ1) is 14.3. The Morgan fingerprint density at radius 3 is 2.37 bits per heavy atom. The maximum Gasteiger partial charge on any atom is 0.268 e. The first-order valence-corrected chi connectivity index (χ1v) is 12.9. The van der Waals surface area contributed by atoms with E-state index in [4.69, 9.17) is 0 Å². The molecule has 30 heavy (non-hydrogen) atoms. The number of aromatic nitrogens is 1. The number of rotatable bonds is 6. The van der Waals surface area contributed by atoms with Crippen LogP contribution in [0, 0.1) is 0 Å². The van der Waals surface area contributed by atoms with Crippen LogP contribution in [-0.2, 0) is 26.5 Å². The number of nitrogens with zero attached hydrogens (tertiary/aromatic N) is 1. The lowest BCUT2D eigenvalue weighted by Gasteiger charge is -2.23. The average Bonchev–Trinajstić information content (AvgIpc) is 3.16. The maximum absolute atomic E-state index is 13.3. The van der Waals surface area contributed by atoms with Gasteiger partial charge in [-0.2, -0.15) is 0 Å². The Morgan fingerprint density at radius 2 is 1.70 bits per heavy atom. The molecular weight excluding hydrogens is 422 g/mol. The van der Waals surface area contributed by atoms with E-state index in [1.807, 2.05) is 13.0 Å². The van der Waals surface area contributed by atoms with Gasteiger partial charge in [0.25, 0.3) is 10.0 Å². The van der Waals surface area contributed by atoms with Crippen LogP contribution in [0.4, 0.5) is 0 Å². The lowest BCUT2D eigenvalue weighted by Crippen LogP contribution is -2.42. The van der Waals surface area contributed by atoms with Crippen molar-refractivity contribution in [3.63, 3.8) is 0 Å². The highest BCUT2D eigenvalue weighted by Gasteiger charge is 2.29. The Morgan fingerprint density at radius 1 is 1.00 bits per heavy atom. The van der Waals surface area contributed by atoms with E-state index in [1.54, 1.807) is 30.3 Å². The molecule has 0 aliphatic carbocycles. The van der Waals surface area contributed by atoms with Gasteiger partial charge in [-0.25, -0.2) is 25.5 Å². The molecule has 0 unspecified atom stereocenters. The largest absolute Gasteiger partial charge is 0.317 e. The van der Waals surface area contributed by atoms with E-state index in [-0.39, 0.29) is 15.8 Å². The molecule has 0 spiro atoms. The molecule has 0 amide bonds. The van der Waals surface area contributed by atoms with Crippen LogP contribution >= 0.6 is 0 Å². The van der Waals surface area contributed by atoms with E-state index in [9.17, 15) is 16.8 Å². The summed E-state index contributed by atoms with van der Waals surface area (Å²) in [7, 11) is -7.85. The summed E-state index contributed by atoms with van der Waals surface area (Å²) in [6.07, 6.45) is 3.22. The number of piperidine rings is 1. The Labute approximate surface area is 177 Å². The highest BCUT2D eigenvalue weighted by molar-refractivity contribution is 7.91. The predicted molar refractivity (Wildman–Crippen MR) is 117 cm³/mol. The van der Waals surface area contributed by atoms with Gasteiger partial charge in [-0.15, -0.1) is 0 Å². The second kappa shape index (κ2) is 8.14. The molecule has 2 heterocycles. The van der Waals surface area contributed by atoms with Crippen LogP contribution < -0.4 is 10.0 Å². The Kier molecular flexibility index (Phi) is 5.71. The van der Waals surface area contributed by atoms with Crippen LogP contribution in [0.25, 0.3) is 10.9 Å². The van der Waals surface area contributed by atoms with Crippen LogP contribution in [0.1, 0.15) is 25.3 Å². The van der Waals surface area contributed by atoms with Gasteiger partial charge < -0.3 is 5.32 Å². The highest BCUT2D eigenvalue weighted by Crippen LogP contribution is 2.32. The molecule has 2 N–H and O–H groups in total. The van der Waals surface area contributed by atoms with Crippen LogP contribution in [0.2, 0.25) is 0 Å². The summed E-state index contributed by atoms with van der Waals surface area (Å²) in [5.41, 5.74) is 1.16. The van der Waals surface area contributed by atoms with Gasteiger partial charge in [-0.05, 0) is 56.1 Å². The first kappa shape index (κ1) is 21.0. The molecule has 1 fully saturated rings. The van der Waals surface area contributed by atoms with E-state index in [2.05, 4.69) is 10.0 Å². The van der Waals surface area contributed by atoms with Crippen molar-refractivity contribution in [2.45, 2.75) is 42.0 Å². The van der Waals surface area contributed by atoms with Crippen molar-refractivity contribution in [1.29, 1.82) is 0 Å². The number of hydrogen-bond donors (Lipinski definition) is 2. The monoisotopic (exact) mass is 447 g/mol. The highest BCUT2D eigenvalue weighted by atomic mass is 32.2. The first-order valence-electron chi connectivity index (χ1n) is 10.0. The molecule has 160 valence electrons. The number of sulfonamides is 1. The molecule has 0 bridgehead atoms. The maximum atomic E-state index is 13.3. The zero-order valence-corrected chi connectivity index (χ0v) is 18.3. The summed E-state index contributed by atoms with van der Waals surface area (Å²) in [6.45, 7) is 3.42. The minimum absolute atomic E-state index is 0.00740. The van der Waals surface area contributed by atoms with Crippen molar-refractivity contribution in [2.24, 2.45) is 0 Å². The van der Waals surface area contributed by atoms with E-state index in [0.29, 0.717) is 30.2 Å². The molecule has 0 saturated carbocycles. The predicted octanol–water partition coefficient (Wildman–Crippen LogP) is 2.47. The van der Waals surface area contributed by atoms with E-state index in [1.165, 1.54) is 18.3 Å². The van der Waals surface area contributed by atoms with Crippen molar-refractivity contribution in [1.82, 2.24) is 14.0 Å². The molecule has 7 nitrogen and oxygen atoms in total. The zero-order chi connectivity index (χ0) is 21.4. The van der Waals surface area contributed by atoms with Gasteiger partial charge >= 0.3 is 0 Å². The van der Waals surface area contributed by atoms with Gasteiger partial charge in [-0.1, -0.05) is 37.3 Å². The summed E-state index contributed by atoms with van der Waals surface area (Å²) in [5.74, 6) is 0. The van der Waals surface area contributed by atoms with Crippen LogP contribution in [-0.4, -0.2) is 39.9 Å². The number of nitrogens with one attached hydrogen (secondary N) is 2. The molecule has 0 atom stereocenters. The van der Waals surface area contributed by atoms with Gasteiger partial charge in [0, 0.05) is 17.6 Å². The molecular formula is C21H25N3O4S2. The Bertz CT molecular complexity index is 1260. The molecule has 1 aromatic heterocycles. The number of benzene rings is 2. The second-order valence-electron chi connectivity index (χ2n) is 7.42. The van der Waals surface area contributed by atoms with Crippen LogP contribution in [0.3, 0.4) is 0 Å². The van der Waals surface area contributed by atoms with Gasteiger partial charge in [0.1, 0.15) is 4.90 Å². The molecule has 1 aliphatic heterocycles. The van der Waals surface area contributed by atoms with Crippen molar-refractivity contribution in [3.05, 3.63) is 60.3 Å². The molecule has 1 saturated heterocycles. The van der Waals surface area contributed by atoms with Crippen molar-refractivity contribution >= 4 is 30.9 Å². The molecule has 3 aromatic rings. The summed E-state index contributed by atoms with van der Waals surface area (Å²) in [4.78, 5) is 0.118. The zero-order valence-electron chi connectivity index (χ0n) is 16.7. The van der Waals surface area contributed by atoms with Crippen molar-refractivity contribution in [2.75, 3.05) is 13.1 Å². The van der Waals surface area contributed by atoms with Gasteiger partial charge in [0.2, 0.25) is 10.0 Å². The minimum atomic E-state index is -3.95. The fourth-order valence-corrected chi connectivity index (χ4v) is 6.92. The Hall–Kier alpha value is -2.20. The molecule has 1 aliphatic rings. The Balaban J connectivity index is 1.91. The molecule has 0 radical (unpaired) electrons. The van der Waals surface area contributed by atoms with Crippen molar-refractivity contribution in [3.8, 4) is 0 Å². The minimum Gasteiger partial charge on any atom is -0.317 e. The van der Waals surface area contributed by atoms with E-state index in [0.717, 1.165) is 22.6 Å². The smallest absolute Gasteiger partial charge is 0.268 e. The van der Waals surface area contributed by atoms with E-state index < -0.39 is 20.0 Å². The van der Waals surface area contributed by atoms with Gasteiger partial charge in [0.15, 0.2) is 0 Å². The third kappa shape index (κ3) is 3.78. The SMILES string of the molecule is CCc1cccc2c1c(S(=O)(=O)NC1CCNCC1)cn2S(=O)(=O)c1ccccc1. The average molecular weight is 448 g/mol. The third-order valence-electron chi connectivity index (χ3n) is 5.48. The molecule has 4 rings (SSSR count). The standard InChI is InChI=1S/C21H25N3O4S2/c1-2-16-7-6-10-19-21(16)20(29(25,26)23-17-11-13-22-14-12-17)15-24(19)30(27,28)18-8-4-3-5-9-18/h3-10,15,17,22-23H,2,11-14H2,1H3. The number of aryl methyl sites for hydroxylation is 1. The lowest BCUT2D eigenvalue weighted by molar-refractivity contribution is 0.427. The number of fused-ring (bicyclic) bond motifs is 1. The lowest BCUT2D eigenvalue weighted by atomic mass is 10.1. The van der Waals surface area contributed by atoms with E-state index >= 15 is 0 Å². The number of hydrogen-bond acceptors (Lipinski definition) is 5. The second-order valence-corrected chi connectivity index (χ2v) is 10.9. The summed E-state index contributed by atoms with van der Waals surface area (Å²) in [5, 5.41) is 3.67. The van der Waals surface area contributed by atoms with Crippen LogP contribution in [0.5, 0.6) is 0 Å². The summed E-state index contributed by atoms with van der Waals surface area (Å²) < 4.78 is 57.1. The normalized spacial score (nSPS) is 16.2.